The molecule has 1 spiro atoms. The summed E-state index contributed by atoms with van der Waals surface area (Å²) < 4.78 is 12.2. The van der Waals surface area contributed by atoms with E-state index in [4.69, 9.17) is 21.1 Å². The summed E-state index contributed by atoms with van der Waals surface area (Å²) in [5.41, 5.74) is 1.07. The third-order valence-electron chi connectivity index (χ3n) is 4.34. The number of ether oxygens (including phenoxy) is 2. The Labute approximate surface area is 131 Å². The number of hydrogen-bond donors (Lipinski definition) is 0. The van der Waals surface area contributed by atoms with Gasteiger partial charge in [0, 0.05) is 25.1 Å². The van der Waals surface area contributed by atoms with Crippen molar-refractivity contribution in [3.8, 4) is 17.6 Å². The van der Waals surface area contributed by atoms with Gasteiger partial charge in [-0.3, -0.25) is 0 Å². The lowest BCUT2D eigenvalue weighted by molar-refractivity contribution is -0.153. The van der Waals surface area contributed by atoms with Crippen LogP contribution in [0.25, 0.3) is 0 Å². The van der Waals surface area contributed by atoms with E-state index in [1.807, 2.05) is 24.3 Å². The maximum absolute atomic E-state index is 6.23. The van der Waals surface area contributed by atoms with Crippen LogP contribution in [-0.4, -0.2) is 24.2 Å². The largest absolute Gasteiger partial charge is 0.489 e. The van der Waals surface area contributed by atoms with Gasteiger partial charge >= 0.3 is 0 Å². The lowest BCUT2D eigenvalue weighted by Crippen LogP contribution is -2.48. The highest BCUT2D eigenvalue weighted by Gasteiger charge is 2.43. The van der Waals surface area contributed by atoms with Gasteiger partial charge in [0.25, 0.3) is 0 Å². The standard InChI is InChI=1S/C18H21ClO2/c19-12-4-3-7-15-6-1-2-8-17(15)21-16-9-13-20-18(14-16)10-5-11-18/h1-2,6,8,16H,4-5,9-14H2. The molecule has 1 aromatic carbocycles. The Bertz CT molecular complexity index is 540. The van der Waals surface area contributed by atoms with E-state index >= 15 is 0 Å². The highest BCUT2D eigenvalue weighted by molar-refractivity contribution is 6.18. The fourth-order valence-electron chi connectivity index (χ4n) is 3.06. The molecule has 21 heavy (non-hydrogen) atoms. The zero-order valence-electron chi connectivity index (χ0n) is 12.2. The van der Waals surface area contributed by atoms with Crippen molar-refractivity contribution in [3.63, 3.8) is 0 Å². The maximum Gasteiger partial charge on any atom is 0.135 e. The Morgan fingerprint density at radius 1 is 1.33 bits per heavy atom. The Morgan fingerprint density at radius 2 is 2.19 bits per heavy atom. The van der Waals surface area contributed by atoms with Crippen LogP contribution in [0.1, 0.15) is 44.1 Å². The number of para-hydroxylation sites is 1. The molecule has 1 saturated heterocycles. The first kappa shape index (κ1) is 14.8. The zero-order valence-corrected chi connectivity index (χ0v) is 13.0. The second kappa shape index (κ2) is 6.73. The van der Waals surface area contributed by atoms with E-state index in [0.717, 1.165) is 30.8 Å². The van der Waals surface area contributed by atoms with Crippen LogP contribution in [0.2, 0.25) is 0 Å². The molecule has 0 bridgehead atoms. The molecule has 112 valence electrons. The minimum absolute atomic E-state index is 0.113. The Balaban J connectivity index is 1.68. The highest BCUT2D eigenvalue weighted by Crippen LogP contribution is 2.43. The molecule has 2 aliphatic rings. The SMILES string of the molecule is ClCCC#Cc1ccccc1OC1CCOC2(CCC2)C1. The molecule has 0 N–H and O–H groups in total. The minimum atomic E-state index is 0.113. The molecule has 0 aromatic heterocycles. The van der Waals surface area contributed by atoms with Crippen LogP contribution in [0, 0.1) is 11.8 Å². The summed E-state index contributed by atoms with van der Waals surface area (Å²) in [5, 5.41) is 0. The van der Waals surface area contributed by atoms with Crippen molar-refractivity contribution in [3.05, 3.63) is 29.8 Å². The van der Waals surface area contributed by atoms with Crippen molar-refractivity contribution in [2.24, 2.45) is 0 Å². The normalized spacial score (nSPS) is 23.0. The molecule has 2 nitrogen and oxygen atoms in total. The number of alkyl halides is 1. The summed E-state index contributed by atoms with van der Waals surface area (Å²) in [7, 11) is 0. The van der Waals surface area contributed by atoms with Gasteiger partial charge in [0.2, 0.25) is 0 Å². The molecule has 1 aliphatic heterocycles. The molecule has 1 atom stereocenters. The second-order valence-electron chi connectivity index (χ2n) is 5.85. The molecule has 1 aromatic rings. The molecule has 1 heterocycles. The Kier molecular flexibility index (Phi) is 4.73. The summed E-state index contributed by atoms with van der Waals surface area (Å²) in [6, 6.07) is 8.01. The van der Waals surface area contributed by atoms with Crippen molar-refractivity contribution in [2.75, 3.05) is 12.5 Å². The summed E-state index contributed by atoms with van der Waals surface area (Å²) in [5.74, 6) is 7.70. The van der Waals surface area contributed by atoms with E-state index in [1.54, 1.807) is 0 Å². The van der Waals surface area contributed by atoms with E-state index < -0.39 is 0 Å². The molecule has 0 radical (unpaired) electrons. The monoisotopic (exact) mass is 304 g/mol. The van der Waals surface area contributed by atoms with Crippen LogP contribution in [0.4, 0.5) is 0 Å². The van der Waals surface area contributed by atoms with Crippen LogP contribution in [0.15, 0.2) is 24.3 Å². The van der Waals surface area contributed by atoms with Crippen LogP contribution in [0.5, 0.6) is 5.75 Å². The first-order chi connectivity index (χ1) is 10.3. The van der Waals surface area contributed by atoms with Gasteiger partial charge in [0.1, 0.15) is 11.9 Å². The van der Waals surface area contributed by atoms with E-state index in [0.29, 0.717) is 12.3 Å². The molecule has 0 amide bonds. The molecular formula is C18H21ClO2. The van der Waals surface area contributed by atoms with Crippen LogP contribution in [-0.2, 0) is 4.74 Å². The molecule has 1 aliphatic carbocycles. The molecule has 2 fully saturated rings. The summed E-state index contributed by atoms with van der Waals surface area (Å²) in [4.78, 5) is 0. The topological polar surface area (TPSA) is 18.5 Å². The number of halogens is 1. The fraction of sp³-hybridized carbons (Fsp3) is 0.556. The Morgan fingerprint density at radius 3 is 2.95 bits per heavy atom. The number of hydrogen-bond acceptors (Lipinski definition) is 2. The van der Waals surface area contributed by atoms with E-state index in [1.165, 1.54) is 19.3 Å². The predicted molar refractivity (Wildman–Crippen MR) is 84.8 cm³/mol. The van der Waals surface area contributed by atoms with Crippen LogP contribution >= 0.6 is 11.6 Å². The lowest BCUT2D eigenvalue weighted by atomic mass is 9.74. The van der Waals surface area contributed by atoms with Gasteiger partial charge in [-0.15, -0.1) is 11.6 Å². The van der Waals surface area contributed by atoms with E-state index in [-0.39, 0.29) is 11.7 Å². The molecule has 3 heteroatoms. The minimum Gasteiger partial charge on any atom is -0.489 e. The van der Waals surface area contributed by atoms with E-state index in [2.05, 4.69) is 11.8 Å². The smallest absolute Gasteiger partial charge is 0.135 e. The summed E-state index contributed by atoms with van der Waals surface area (Å²) >= 11 is 5.67. The molecule has 1 saturated carbocycles. The van der Waals surface area contributed by atoms with Gasteiger partial charge in [-0.25, -0.2) is 0 Å². The quantitative estimate of drug-likeness (QED) is 0.617. The molecule has 3 rings (SSSR count). The van der Waals surface area contributed by atoms with Gasteiger partial charge in [-0.05, 0) is 31.4 Å². The summed E-state index contributed by atoms with van der Waals surface area (Å²) in [6.07, 6.45) is 6.58. The summed E-state index contributed by atoms with van der Waals surface area (Å²) in [6.45, 7) is 0.810. The average molecular weight is 305 g/mol. The fourth-order valence-corrected chi connectivity index (χ4v) is 3.15. The number of benzene rings is 1. The molecular weight excluding hydrogens is 284 g/mol. The van der Waals surface area contributed by atoms with Crippen molar-refractivity contribution in [1.82, 2.24) is 0 Å². The predicted octanol–water partition coefficient (Wildman–Crippen LogP) is 4.15. The van der Waals surface area contributed by atoms with Crippen molar-refractivity contribution in [2.45, 2.75) is 50.2 Å². The van der Waals surface area contributed by atoms with Gasteiger partial charge in [-0.2, -0.15) is 0 Å². The second-order valence-corrected chi connectivity index (χ2v) is 6.23. The third kappa shape index (κ3) is 3.54. The van der Waals surface area contributed by atoms with Crippen LogP contribution < -0.4 is 4.74 Å². The van der Waals surface area contributed by atoms with Crippen molar-refractivity contribution >= 4 is 11.6 Å². The van der Waals surface area contributed by atoms with Gasteiger partial charge in [0.15, 0.2) is 0 Å². The van der Waals surface area contributed by atoms with Gasteiger partial charge in [-0.1, -0.05) is 24.0 Å². The first-order valence-electron chi connectivity index (χ1n) is 7.76. The van der Waals surface area contributed by atoms with Crippen molar-refractivity contribution in [1.29, 1.82) is 0 Å². The van der Waals surface area contributed by atoms with E-state index in [9.17, 15) is 0 Å². The third-order valence-corrected chi connectivity index (χ3v) is 4.52. The average Bonchev–Trinajstić information content (AvgIpc) is 2.48. The highest BCUT2D eigenvalue weighted by atomic mass is 35.5. The van der Waals surface area contributed by atoms with Gasteiger partial charge < -0.3 is 9.47 Å². The maximum atomic E-state index is 6.23. The Hall–Kier alpha value is -1.17. The number of rotatable bonds is 3. The molecule has 1 unspecified atom stereocenters. The van der Waals surface area contributed by atoms with Gasteiger partial charge in [0.05, 0.1) is 17.8 Å². The van der Waals surface area contributed by atoms with Crippen LogP contribution in [0.3, 0.4) is 0 Å². The van der Waals surface area contributed by atoms with Crippen molar-refractivity contribution < 1.29 is 9.47 Å². The zero-order chi connectivity index (χ0) is 14.5. The lowest BCUT2D eigenvalue weighted by Gasteiger charge is -2.46. The first-order valence-corrected chi connectivity index (χ1v) is 8.29.